The Balaban J connectivity index is 1.40. The molecular formula is C26H25N3O2. The predicted octanol–water partition coefficient (Wildman–Crippen LogP) is 4.94. The number of imidazole rings is 1. The second kappa shape index (κ2) is 8.36. The number of esters is 1. The molecule has 0 aliphatic carbocycles. The van der Waals surface area contributed by atoms with E-state index in [1.807, 2.05) is 47.0 Å². The number of nitrogens with zero attached hydrogens (tertiary/aromatic N) is 3. The lowest BCUT2D eigenvalue weighted by molar-refractivity contribution is 0.0139. The van der Waals surface area contributed by atoms with E-state index in [9.17, 15) is 4.79 Å². The standard InChI is InChI=1S/C26H25N3O2/c1-28-14-12-23(13-15-28)31-26(30)21-8-5-9-22(16-21)29-18-27-24-17-20(10-11-25(24)29)19-6-3-2-4-7-19/h2-11,16-18,23H,12-15H2,1H3. The van der Waals surface area contributed by atoms with Gasteiger partial charge in [-0.25, -0.2) is 9.78 Å². The van der Waals surface area contributed by atoms with Crippen molar-refractivity contribution in [2.45, 2.75) is 18.9 Å². The summed E-state index contributed by atoms with van der Waals surface area (Å²) in [7, 11) is 2.10. The van der Waals surface area contributed by atoms with E-state index >= 15 is 0 Å². The van der Waals surface area contributed by atoms with Crippen molar-refractivity contribution >= 4 is 17.0 Å². The number of piperidine rings is 1. The largest absolute Gasteiger partial charge is 0.459 e. The lowest BCUT2D eigenvalue weighted by atomic mass is 10.1. The minimum atomic E-state index is -0.257. The molecule has 1 saturated heterocycles. The van der Waals surface area contributed by atoms with Gasteiger partial charge >= 0.3 is 5.97 Å². The van der Waals surface area contributed by atoms with Gasteiger partial charge in [0.05, 0.1) is 16.6 Å². The van der Waals surface area contributed by atoms with Crippen molar-refractivity contribution in [3.63, 3.8) is 0 Å². The summed E-state index contributed by atoms with van der Waals surface area (Å²) in [5.41, 5.74) is 5.68. The number of rotatable bonds is 4. The van der Waals surface area contributed by atoms with Crippen LogP contribution in [0.5, 0.6) is 0 Å². The molecule has 0 unspecified atom stereocenters. The minimum Gasteiger partial charge on any atom is -0.459 e. The molecule has 0 radical (unpaired) electrons. The average Bonchev–Trinajstić information content (AvgIpc) is 3.24. The van der Waals surface area contributed by atoms with Gasteiger partial charge in [0.2, 0.25) is 0 Å². The number of likely N-dealkylation sites (tertiary alicyclic amines) is 1. The van der Waals surface area contributed by atoms with Gasteiger partial charge in [0.15, 0.2) is 0 Å². The Bertz CT molecular complexity index is 1210. The Kier molecular flexibility index (Phi) is 5.26. The van der Waals surface area contributed by atoms with Crippen LogP contribution in [0.1, 0.15) is 23.2 Å². The van der Waals surface area contributed by atoms with Crippen LogP contribution in [0.25, 0.3) is 27.8 Å². The number of hydrogen-bond donors (Lipinski definition) is 0. The minimum absolute atomic E-state index is 0.00200. The average molecular weight is 412 g/mol. The zero-order valence-corrected chi connectivity index (χ0v) is 17.6. The summed E-state index contributed by atoms with van der Waals surface area (Å²) >= 11 is 0. The quantitative estimate of drug-likeness (QED) is 0.446. The van der Waals surface area contributed by atoms with Crippen LogP contribution in [-0.2, 0) is 4.74 Å². The predicted molar refractivity (Wildman–Crippen MR) is 122 cm³/mol. The van der Waals surface area contributed by atoms with Crippen molar-refractivity contribution in [2.24, 2.45) is 0 Å². The van der Waals surface area contributed by atoms with Gasteiger partial charge in [-0.15, -0.1) is 0 Å². The Morgan fingerprint density at radius 3 is 2.55 bits per heavy atom. The molecule has 1 aromatic heterocycles. The number of ether oxygens (including phenoxy) is 1. The normalized spacial score (nSPS) is 15.3. The highest BCUT2D eigenvalue weighted by Crippen LogP contribution is 2.26. The smallest absolute Gasteiger partial charge is 0.338 e. The molecule has 5 heteroatoms. The van der Waals surface area contributed by atoms with Gasteiger partial charge in [0.25, 0.3) is 0 Å². The first-order chi connectivity index (χ1) is 15.2. The maximum atomic E-state index is 12.7. The molecule has 5 nitrogen and oxygen atoms in total. The van der Waals surface area contributed by atoms with E-state index in [-0.39, 0.29) is 12.1 Å². The molecule has 156 valence electrons. The molecule has 1 fully saturated rings. The van der Waals surface area contributed by atoms with Crippen molar-refractivity contribution < 1.29 is 9.53 Å². The van der Waals surface area contributed by atoms with Gasteiger partial charge < -0.3 is 9.64 Å². The highest BCUT2D eigenvalue weighted by molar-refractivity contribution is 5.90. The van der Waals surface area contributed by atoms with Crippen LogP contribution in [0.4, 0.5) is 0 Å². The van der Waals surface area contributed by atoms with Crippen LogP contribution in [0, 0.1) is 0 Å². The lowest BCUT2D eigenvalue weighted by Gasteiger charge is -2.28. The van der Waals surface area contributed by atoms with Crippen molar-refractivity contribution in [2.75, 3.05) is 20.1 Å². The third kappa shape index (κ3) is 4.09. The van der Waals surface area contributed by atoms with Crippen molar-refractivity contribution in [3.05, 3.63) is 84.7 Å². The fourth-order valence-corrected chi connectivity index (χ4v) is 4.13. The van der Waals surface area contributed by atoms with Crippen molar-refractivity contribution in [3.8, 4) is 16.8 Å². The van der Waals surface area contributed by atoms with Crippen molar-refractivity contribution in [1.29, 1.82) is 0 Å². The van der Waals surface area contributed by atoms with E-state index in [0.717, 1.165) is 53.8 Å². The molecule has 1 aliphatic rings. The molecule has 0 atom stereocenters. The maximum absolute atomic E-state index is 12.7. The molecular weight excluding hydrogens is 386 g/mol. The van der Waals surface area contributed by atoms with Gasteiger partial charge in [-0.2, -0.15) is 0 Å². The molecule has 31 heavy (non-hydrogen) atoms. The molecule has 5 rings (SSSR count). The third-order valence-electron chi connectivity index (χ3n) is 5.95. The van der Waals surface area contributed by atoms with Gasteiger partial charge in [0, 0.05) is 18.8 Å². The van der Waals surface area contributed by atoms with Gasteiger partial charge in [0.1, 0.15) is 12.4 Å². The number of carbonyl (C=O) groups excluding carboxylic acids is 1. The van der Waals surface area contributed by atoms with E-state index in [2.05, 4.69) is 47.3 Å². The number of aromatic nitrogens is 2. The van der Waals surface area contributed by atoms with Gasteiger partial charge in [-0.3, -0.25) is 4.57 Å². The van der Waals surface area contributed by atoms with E-state index < -0.39 is 0 Å². The molecule has 1 aliphatic heterocycles. The van der Waals surface area contributed by atoms with Crippen LogP contribution in [0.2, 0.25) is 0 Å². The first-order valence-corrected chi connectivity index (χ1v) is 10.7. The van der Waals surface area contributed by atoms with Crippen LogP contribution in [0.15, 0.2) is 79.1 Å². The summed E-state index contributed by atoms with van der Waals surface area (Å²) in [6.45, 7) is 1.92. The monoisotopic (exact) mass is 411 g/mol. The summed E-state index contributed by atoms with van der Waals surface area (Å²) in [5, 5.41) is 0. The second-order valence-electron chi connectivity index (χ2n) is 8.14. The van der Waals surface area contributed by atoms with Crippen LogP contribution < -0.4 is 0 Å². The molecule has 0 amide bonds. The number of hydrogen-bond acceptors (Lipinski definition) is 4. The first kappa shape index (κ1) is 19.5. The highest BCUT2D eigenvalue weighted by atomic mass is 16.5. The number of fused-ring (bicyclic) bond motifs is 1. The zero-order chi connectivity index (χ0) is 21.2. The van der Waals surface area contributed by atoms with Gasteiger partial charge in [-0.1, -0.05) is 42.5 Å². The summed E-state index contributed by atoms with van der Waals surface area (Å²) < 4.78 is 7.77. The summed E-state index contributed by atoms with van der Waals surface area (Å²) in [4.78, 5) is 19.6. The fourth-order valence-electron chi connectivity index (χ4n) is 4.13. The van der Waals surface area contributed by atoms with Crippen LogP contribution in [-0.4, -0.2) is 46.7 Å². The Labute approximate surface area is 181 Å². The molecule has 0 spiro atoms. The zero-order valence-electron chi connectivity index (χ0n) is 17.6. The second-order valence-corrected chi connectivity index (χ2v) is 8.14. The molecule has 0 bridgehead atoms. The first-order valence-electron chi connectivity index (χ1n) is 10.7. The van der Waals surface area contributed by atoms with Crippen LogP contribution >= 0.6 is 0 Å². The van der Waals surface area contributed by atoms with E-state index in [0.29, 0.717) is 5.56 Å². The van der Waals surface area contributed by atoms with E-state index in [1.165, 1.54) is 0 Å². The summed E-state index contributed by atoms with van der Waals surface area (Å²) in [6.07, 6.45) is 3.58. The third-order valence-corrected chi connectivity index (χ3v) is 5.95. The Hall–Kier alpha value is -3.44. The van der Waals surface area contributed by atoms with E-state index in [4.69, 9.17) is 4.74 Å². The number of benzene rings is 3. The van der Waals surface area contributed by atoms with E-state index in [1.54, 1.807) is 6.33 Å². The molecule has 0 saturated carbocycles. The molecule has 2 heterocycles. The highest BCUT2D eigenvalue weighted by Gasteiger charge is 2.21. The Morgan fingerprint density at radius 1 is 0.935 bits per heavy atom. The summed E-state index contributed by atoms with van der Waals surface area (Å²) in [5.74, 6) is -0.257. The van der Waals surface area contributed by atoms with Crippen molar-refractivity contribution in [1.82, 2.24) is 14.5 Å². The summed E-state index contributed by atoms with van der Waals surface area (Å²) in [6, 6.07) is 24.1. The van der Waals surface area contributed by atoms with Gasteiger partial charge in [-0.05, 0) is 61.3 Å². The molecule has 3 aromatic carbocycles. The topological polar surface area (TPSA) is 47.4 Å². The number of carbonyl (C=O) groups is 1. The Morgan fingerprint density at radius 2 is 1.74 bits per heavy atom. The molecule has 0 N–H and O–H groups in total. The fraction of sp³-hybridized carbons (Fsp3) is 0.231. The maximum Gasteiger partial charge on any atom is 0.338 e. The SMILES string of the molecule is CN1CCC(OC(=O)c2cccc(-n3cnc4cc(-c5ccccc5)ccc43)c2)CC1. The lowest BCUT2D eigenvalue weighted by Crippen LogP contribution is -2.35. The van der Waals surface area contributed by atoms with Crippen LogP contribution in [0.3, 0.4) is 0 Å². The molecule has 4 aromatic rings.